The van der Waals surface area contributed by atoms with Crippen LogP contribution >= 0.6 is 0 Å². The van der Waals surface area contributed by atoms with E-state index in [1.54, 1.807) is 24.3 Å². The van der Waals surface area contributed by atoms with Gasteiger partial charge in [0.2, 0.25) is 5.83 Å². The molecule has 200 valence electrons. The zero-order valence-corrected chi connectivity index (χ0v) is 21.6. The number of halogens is 1. The summed E-state index contributed by atoms with van der Waals surface area (Å²) in [6.07, 6.45) is 0.694. The Hall–Kier alpha value is -4.90. The monoisotopic (exact) mass is 530 g/mol. The molecule has 0 aliphatic heterocycles. The summed E-state index contributed by atoms with van der Waals surface area (Å²) in [7, 11) is 0. The van der Waals surface area contributed by atoms with Gasteiger partial charge in [0.15, 0.2) is 0 Å². The molecule has 0 radical (unpaired) electrons. The Morgan fingerprint density at radius 3 is 2.05 bits per heavy atom. The van der Waals surface area contributed by atoms with Crippen LogP contribution in [0.1, 0.15) is 50.8 Å². The molecule has 0 aromatic heterocycles. The smallest absolute Gasteiger partial charge is 0.366 e. The lowest BCUT2D eigenvalue weighted by atomic mass is 10.1. The second-order valence-electron chi connectivity index (χ2n) is 8.27. The van der Waals surface area contributed by atoms with Gasteiger partial charge in [-0.1, -0.05) is 43.0 Å². The van der Waals surface area contributed by atoms with E-state index in [0.29, 0.717) is 18.6 Å². The van der Waals surface area contributed by atoms with Gasteiger partial charge in [0.1, 0.15) is 30.3 Å². The van der Waals surface area contributed by atoms with E-state index in [1.165, 1.54) is 18.2 Å². The number of aryl methyl sites for hydroxylation is 1. The molecule has 0 bridgehead atoms. The van der Waals surface area contributed by atoms with E-state index in [2.05, 4.69) is 23.2 Å². The quantitative estimate of drug-likeness (QED) is 0.111. The van der Waals surface area contributed by atoms with Gasteiger partial charge < -0.3 is 18.9 Å². The molecule has 0 saturated heterocycles. The Balaban J connectivity index is 1.67. The Kier molecular flexibility index (Phi) is 10.4. The number of carbonyl (C=O) groups is 3. The largest absolute Gasteiger partial charge is 0.493 e. The molecule has 3 aromatic carbocycles. The van der Waals surface area contributed by atoms with Crippen LogP contribution in [0.2, 0.25) is 0 Å². The summed E-state index contributed by atoms with van der Waals surface area (Å²) in [5.74, 6) is 2.53. The Labute approximate surface area is 226 Å². The Bertz CT molecular complexity index is 1400. The molecule has 0 fully saturated rings. The molecular weight excluding hydrogens is 503 g/mol. The lowest BCUT2D eigenvalue weighted by Crippen LogP contribution is -2.15. The second-order valence-corrected chi connectivity index (χ2v) is 8.27. The molecule has 0 spiro atoms. The first-order chi connectivity index (χ1) is 18.8. The van der Waals surface area contributed by atoms with Crippen molar-refractivity contribution in [1.29, 1.82) is 0 Å². The number of hydrogen-bond acceptors (Lipinski definition) is 7. The van der Waals surface area contributed by atoms with Crippen LogP contribution in [0, 0.1) is 18.8 Å². The first kappa shape index (κ1) is 28.7. The number of benzene rings is 3. The van der Waals surface area contributed by atoms with Gasteiger partial charge in [-0.15, -0.1) is 0 Å². The standard InChI is InChI=1S/C31H27FO7/c1-4-17-36-28-16-15-26(20-27(28)31(35)38-19-18-37-29(33)22(3)32)39-30(34)25-13-11-24(12-14-25)10-9-23-7-5-21(2)6-8-23/h5-8,11-16,20H,3-4,17-19H2,1-2H3. The van der Waals surface area contributed by atoms with Gasteiger partial charge >= 0.3 is 17.9 Å². The molecule has 8 heteroatoms. The molecule has 0 aliphatic rings. The lowest BCUT2D eigenvalue weighted by molar-refractivity contribution is -0.141. The van der Waals surface area contributed by atoms with Crippen LogP contribution in [-0.4, -0.2) is 37.7 Å². The van der Waals surface area contributed by atoms with E-state index < -0.39 is 23.7 Å². The van der Waals surface area contributed by atoms with E-state index in [4.69, 9.17) is 14.2 Å². The normalized spacial score (nSPS) is 10.0. The predicted molar refractivity (Wildman–Crippen MR) is 142 cm³/mol. The maximum Gasteiger partial charge on any atom is 0.366 e. The van der Waals surface area contributed by atoms with Crippen LogP contribution in [0.5, 0.6) is 11.5 Å². The van der Waals surface area contributed by atoms with Crippen LogP contribution in [-0.2, 0) is 14.3 Å². The number of ether oxygens (including phenoxy) is 4. The fourth-order valence-electron chi connectivity index (χ4n) is 3.13. The number of carbonyl (C=O) groups excluding carboxylic acids is 3. The highest BCUT2D eigenvalue weighted by Crippen LogP contribution is 2.26. The maximum atomic E-state index is 12.7. The minimum absolute atomic E-state index is 0.0108. The summed E-state index contributed by atoms with van der Waals surface area (Å²) in [6.45, 7) is 6.39. The van der Waals surface area contributed by atoms with E-state index in [9.17, 15) is 18.8 Å². The summed E-state index contributed by atoms with van der Waals surface area (Å²) in [5, 5.41) is 0. The van der Waals surface area contributed by atoms with Crippen molar-refractivity contribution in [3.63, 3.8) is 0 Å². The highest BCUT2D eigenvalue weighted by molar-refractivity contribution is 5.94. The van der Waals surface area contributed by atoms with Crippen molar-refractivity contribution in [2.24, 2.45) is 0 Å². The highest BCUT2D eigenvalue weighted by Gasteiger charge is 2.18. The van der Waals surface area contributed by atoms with Crippen LogP contribution in [0.25, 0.3) is 0 Å². The van der Waals surface area contributed by atoms with E-state index in [-0.39, 0.29) is 30.3 Å². The Morgan fingerprint density at radius 1 is 0.821 bits per heavy atom. The fraction of sp³-hybridized carbons (Fsp3) is 0.194. The average molecular weight is 531 g/mol. The molecular formula is C31H27FO7. The highest BCUT2D eigenvalue weighted by atomic mass is 19.1. The third-order valence-electron chi connectivity index (χ3n) is 5.14. The maximum absolute atomic E-state index is 12.7. The van der Waals surface area contributed by atoms with Crippen molar-refractivity contribution in [1.82, 2.24) is 0 Å². The first-order valence-electron chi connectivity index (χ1n) is 12.1. The molecule has 0 saturated carbocycles. The lowest BCUT2D eigenvalue weighted by Gasteiger charge is -2.13. The molecule has 0 atom stereocenters. The van der Waals surface area contributed by atoms with E-state index in [1.807, 2.05) is 38.1 Å². The van der Waals surface area contributed by atoms with Gasteiger partial charge in [-0.05, 0) is 67.9 Å². The summed E-state index contributed by atoms with van der Waals surface area (Å²) < 4.78 is 33.4. The molecule has 7 nitrogen and oxygen atoms in total. The van der Waals surface area contributed by atoms with Crippen molar-refractivity contribution in [3.8, 4) is 23.3 Å². The summed E-state index contributed by atoms with van der Waals surface area (Å²) in [5.41, 5.74) is 3.08. The molecule has 0 N–H and O–H groups in total. The zero-order valence-electron chi connectivity index (χ0n) is 21.6. The van der Waals surface area contributed by atoms with Gasteiger partial charge in [0.05, 0.1) is 12.2 Å². The molecule has 0 amide bonds. The summed E-state index contributed by atoms with van der Waals surface area (Å²) >= 11 is 0. The van der Waals surface area contributed by atoms with Crippen molar-refractivity contribution < 1.29 is 37.7 Å². The first-order valence-corrected chi connectivity index (χ1v) is 12.1. The van der Waals surface area contributed by atoms with Crippen LogP contribution in [0.3, 0.4) is 0 Å². The zero-order chi connectivity index (χ0) is 28.2. The van der Waals surface area contributed by atoms with Gasteiger partial charge in [0, 0.05) is 11.1 Å². The predicted octanol–water partition coefficient (Wildman–Crippen LogP) is 5.59. The molecule has 0 heterocycles. The minimum atomic E-state index is -1.25. The summed E-state index contributed by atoms with van der Waals surface area (Å²) in [4.78, 5) is 36.5. The topological polar surface area (TPSA) is 88.1 Å². The third-order valence-corrected chi connectivity index (χ3v) is 5.14. The molecule has 3 rings (SSSR count). The van der Waals surface area contributed by atoms with Crippen molar-refractivity contribution in [2.45, 2.75) is 20.3 Å². The van der Waals surface area contributed by atoms with Gasteiger partial charge in [-0.2, -0.15) is 4.39 Å². The van der Waals surface area contributed by atoms with Gasteiger partial charge in [0.25, 0.3) is 0 Å². The van der Waals surface area contributed by atoms with E-state index in [0.717, 1.165) is 16.7 Å². The van der Waals surface area contributed by atoms with Gasteiger partial charge in [-0.3, -0.25) is 0 Å². The molecule has 0 unspecified atom stereocenters. The van der Waals surface area contributed by atoms with Crippen molar-refractivity contribution in [2.75, 3.05) is 19.8 Å². The SMILES string of the molecule is C=C(F)C(=O)OCCOC(=O)c1cc(OC(=O)c2ccc(C#Cc3ccc(C)cc3)cc2)ccc1OCCC. The average Bonchev–Trinajstić information content (AvgIpc) is 2.94. The van der Waals surface area contributed by atoms with Crippen LogP contribution in [0.4, 0.5) is 4.39 Å². The van der Waals surface area contributed by atoms with Crippen LogP contribution < -0.4 is 9.47 Å². The van der Waals surface area contributed by atoms with Crippen LogP contribution in [0.15, 0.2) is 79.1 Å². The fourth-order valence-corrected chi connectivity index (χ4v) is 3.13. The number of rotatable bonds is 10. The second kappa shape index (κ2) is 14.1. The number of esters is 3. The summed E-state index contributed by atoms with van der Waals surface area (Å²) in [6, 6.07) is 18.8. The molecule has 0 aliphatic carbocycles. The number of hydrogen-bond donors (Lipinski definition) is 0. The van der Waals surface area contributed by atoms with Gasteiger partial charge in [-0.25, -0.2) is 14.4 Å². The van der Waals surface area contributed by atoms with E-state index >= 15 is 0 Å². The third kappa shape index (κ3) is 8.86. The minimum Gasteiger partial charge on any atom is -0.493 e. The van der Waals surface area contributed by atoms with Crippen molar-refractivity contribution >= 4 is 17.9 Å². The molecule has 39 heavy (non-hydrogen) atoms. The Morgan fingerprint density at radius 2 is 1.44 bits per heavy atom. The van der Waals surface area contributed by atoms with Crippen molar-refractivity contribution in [3.05, 3.63) is 107 Å². The molecule has 3 aromatic rings.